The van der Waals surface area contributed by atoms with E-state index in [1.54, 1.807) is 0 Å². The number of hydrogen-bond donors (Lipinski definition) is 0. The summed E-state index contributed by atoms with van der Waals surface area (Å²) >= 11 is 0. The Kier molecular flexibility index (Phi) is 2.94. The monoisotopic (exact) mass is 254 g/mol. The van der Waals surface area contributed by atoms with Crippen LogP contribution in [-0.2, 0) is 6.42 Å². The van der Waals surface area contributed by atoms with Gasteiger partial charge in [-0.25, -0.2) is 0 Å². The Labute approximate surface area is 114 Å². The van der Waals surface area contributed by atoms with Gasteiger partial charge >= 0.3 is 0 Å². The van der Waals surface area contributed by atoms with Crippen LogP contribution in [0.1, 0.15) is 25.8 Å². The zero-order valence-corrected chi connectivity index (χ0v) is 11.3. The molecule has 0 saturated heterocycles. The Hall–Kier alpha value is -1.96. The van der Waals surface area contributed by atoms with Crippen LogP contribution in [0.25, 0.3) is 0 Å². The molecule has 3 rings (SSSR count). The Morgan fingerprint density at radius 3 is 2.58 bits per heavy atom. The van der Waals surface area contributed by atoms with E-state index in [0.29, 0.717) is 0 Å². The molecule has 2 nitrogen and oxygen atoms in total. The van der Waals surface area contributed by atoms with E-state index in [-0.39, 0.29) is 5.60 Å². The smallest absolute Gasteiger partial charge is 0.169 e. The maximum Gasteiger partial charge on any atom is 0.169 e. The highest BCUT2D eigenvalue weighted by atomic mass is 16.5. The molecule has 0 N–H and O–H groups in total. The predicted molar refractivity (Wildman–Crippen MR) is 76.0 cm³/mol. The van der Waals surface area contributed by atoms with Gasteiger partial charge in [-0.05, 0) is 50.5 Å². The number of ether oxygens (including phenoxy) is 2. The minimum atomic E-state index is -0.122. The molecule has 0 fully saturated rings. The first kappa shape index (κ1) is 12.1. The summed E-state index contributed by atoms with van der Waals surface area (Å²) < 4.78 is 12.0. The molecule has 1 aliphatic rings. The van der Waals surface area contributed by atoms with E-state index in [1.165, 1.54) is 5.56 Å². The van der Waals surface area contributed by atoms with E-state index in [0.717, 1.165) is 30.1 Å². The molecule has 0 aliphatic carbocycles. The first-order valence-corrected chi connectivity index (χ1v) is 6.68. The van der Waals surface area contributed by atoms with Crippen molar-refractivity contribution in [3.05, 3.63) is 54.1 Å². The molecule has 98 valence electrons. The van der Waals surface area contributed by atoms with E-state index >= 15 is 0 Å². The van der Waals surface area contributed by atoms with Crippen LogP contribution in [-0.4, -0.2) is 5.60 Å². The highest BCUT2D eigenvalue weighted by Gasteiger charge is 2.28. The maximum atomic E-state index is 6.10. The molecule has 1 heterocycles. The molecule has 0 radical (unpaired) electrons. The fourth-order valence-electron chi connectivity index (χ4n) is 2.33. The SMILES string of the molecule is CC1(C)CCc2cccc(Oc3ccccc3)c2O1. The van der Waals surface area contributed by atoms with Crippen molar-refractivity contribution >= 4 is 0 Å². The van der Waals surface area contributed by atoms with Gasteiger partial charge in [-0.1, -0.05) is 30.3 Å². The van der Waals surface area contributed by atoms with Crippen LogP contribution < -0.4 is 9.47 Å². The molecule has 0 saturated carbocycles. The maximum absolute atomic E-state index is 6.10. The van der Waals surface area contributed by atoms with Gasteiger partial charge in [-0.2, -0.15) is 0 Å². The van der Waals surface area contributed by atoms with Gasteiger partial charge in [-0.15, -0.1) is 0 Å². The molecular weight excluding hydrogens is 236 g/mol. The molecule has 0 aromatic heterocycles. The lowest BCUT2D eigenvalue weighted by atomic mass is 9.94. The molecule has 1 aliphatic heterocycles. The number of rotatable bonds is 2. The van der Waals surface area contributed by atoms with Crippen LogP contribution in [0, 0.1) is 0 Å². The first-order chi connectivity index (χ1) is 9.14. The zero-order chi connectivity index (χ0) is 13.3. The second kappa shape index (κ2) is 4.61. The van der Waals surface area contributed by atoms with Gasteiger partial charge in [0.1, 0.15) is 11.4 Å². The van der Waals surface area contributed by atoms with E-state index in [2.05, 4.69) is 19.9 Å². The highest BCUT2D eigenvalue weighted by Crippen LogP contribution is 2.41. The van der Waals surface area contributed by atoms with Gasteiger partial charge < -0.3 is 9.47 Å². The number of para-hydroxylation sites is 2. The molecule has 0 amide bonds. The van der Waals surface area contributed by atoms with Crippen molar-refractivity contribution in [2.24, 2.45) is 0 Å². The zero-order valence-electron chi connectivity index (χ0n) is 11.3. The van der Waals surface area contributed by atoms with Crippen molar-refractivity contribution in [3.8, 4) is 17.2 Å². The van der Waals surface area contributed by atoms with Crippen molar-refractivity contribution in [3.63, 3.8) is 0 Å². The summed E-state index contributed by atoms with van der Waals surface area (Å²) in [6.07, 6.45) is 2.07. The minimum absolute atomic E-state index is 0.122. The number of aryl methyl sites for hydroxylation is 1. The summed E-state index contributed by atoms with van der Waals surface area (Å²) in [6, 6.07) is 15.9. The Bertz CT molecular complexity index is 573. The molecule has 0 unspecified atom stereocenters. The largest absolute Gasteiger partial charge is 0.484 e. The molecule has 2 aromatic carbocycles. The van der Waals surface area contributed by atoms with E-state index in [1.807, 2.05) is 42.5 Å². The number of benzene rings is 2. The fourth-order valence-corrected chi connectivity index (χ4v) is 2.33. The van der Waals surface area contributed by atoms with Crippen molar-refractivity contribution < 1.29 is 9.47 Å². The second-order valence-electron chi connectivity index (χ2n) is 5.52. The fraction of sp³-hybridized carbons (Fsp3) is 0.294. The van der Waals surface area contributed by atoms with Crippen LogP contribution in [0.3, 0.4) is 0 Å². The average Bonchev–Trinajstić information content (AvgIpc) is 2.40. The van der Waals surface area contributed by atoms with Gasteiger partial charge in [0, 0.05) is 0 Å². The summed E-state index contributed by atoms with van der Waals surface area (Å²) in [6.45, 7) is 4.24. The summed E-state index contributed by atoms with van der Waals surface area (Å²) in [5.74, 6) is 2.53. The average molecular weight is 254 g/mol. The molecule has 0 atom stereocenters. The van der Waals surface area contributed by atoms with Gasteiger partial charge in [0.25, 0.3) is 0 Å². The van der Waals surface area contributed by atoms with Gasteiger partial charge in [-0.3, -0.25) is 0 Å². The molecule has 2 heteroatoms. The lowest BCUT2D eigenvalue weighted by molar-refractivity contribution is 0.0812. The minimum Gasteiger partial charge on any atom is -0.484 e. The summed E-state index contributed by atoms with van der Waals surface area (Å²) in [4.78, 5) is 0. The van der Waals surface area contributed by atoms with Crippen molar-refractivity contribution in [2.75, 3.05) is 0 Å². The van der Waals surface area contributed by atoms with E-state index in [4.69, 9.17) is 9.47 Å². The second-order valence-corrected chi connectivity index (χ2v) is 5.52. The van der Waals surface area contributed by atoms with Gasteiger partial charge in [0.2, 0.25) is 0 Å². The van der Waals surface area contributed by atoms with Crippen molar-refractivity contribution in [2.45, 2.75) is 32.3 Å². The number of hydrogen-bond acceptors (Lipinski definition) is 2. The Morgan fingerprint density at radius 1 is 1.00 bits per heavy atom. The van der Waals surface area contributed by atoms with Crippen molar-refractivity contribution in [1.82, 2.24) is 0 Å². The first-order valence-electron chi connectivity index (χ1n) is 6.68. The third-order valence-electron chi connectivity index (χ3n) is 3.41. The molecular formula is C17H18O2. The predicted octanol–water partition coefficient (Wildman–Crippen LogP) is 4.58. The van der Waals surface area contributed by atoms with Crippen LogP contribution in [0.4, 0.5) is 0 Å². The lowest BCUT2D eigenvalue weighted by Gasteiger charge is -2.33. The van der Waals surface area contributed by atoms with Crippen LogP contribution in [0.15, 0.2) is 48.5 Å². The normalized spacial score (nSPS) is 16.3. The third-order valence-corrected chi connectivity index (χ3v) is 3.41. The number of fused-ring (bicyclic) bond motifs is 1. The molecule has 19 heavy (non-hydrogen) atoms. The molecule has 0 bridgehead atoms. The third kappa shape index (κ3) is 2.58. The summed E-state index contributed by atoms with van der Waals surface area (Å²) in [5.41, 5.74) is 1.11. The van der Waals surface area contributed by atoms with Crippen molar-refractivity contribution in [1.29, 1.82) is 0 Å². The Morgan fingerprint density at radius 2 is 1.79 bits per heavy atom. The quantitative estimate of drug-likeness (QED) is 0.780. The topological polar surface area (TPSA) is 18.5 Å². The summed E-state index contributed by atoms with van der Waals surface area (Å²) in [5, 5.41) is 0. The molecule has 0 spiro atoms. The standard InChI is InChI=1S/C17H18O2/c1-17(2)12-11-13-7-6-10-15(16(13)19-17)18-14-8-4-3-5-9-14/h3-10H,11-12H2,1-2H3. The Balaban J connectivity index is 1.95. The van der Waals surface area contributed by atoms with Crippen LogP contribution in [0.2, 0.25) is 0 Å². The summed E-state index contributed by atoms with van der Waals surface area (Å²) in [7, 11) is 0. The van der Waals surface area contributed by atoms with E-state index in [9.17, 15) is 0 Å². The lowest BCUT2D eigenvalue weighted by Crippen LogP contribution is -2.32. The highest BCUT2D eigenvalue weighted by molar-refractivity contribution is 5.50. The van der Waals surface area contributed by atoms with Crippen LogP contribution >= 0.6 is 0 Å². The van der Waals surface area contributed by atoms with Crippen LogP contribution in [0.5, 0.6) is 17.2 Å². The van der Waals surface area contributed by atoms with Gasteiger partial charge in [0.05, 0.1) is 0 Å². The van der Waals surface area contributed by atoms with Gasteiger partial charge in [0.15, 0.2) is 11.5 Å². The molecule has 2 aromatic rings. The van der Waals surface area contributed by atoms with E-state index < -0.39 is 0 Å².